The van der Waals surface area contributed by atoms with Gasteiger partial charge in [0.2, 0.25) is 0 Å². The zero-order chi connectivity index (χ0) is 25.9. The highest BCUT2D eigenvalue weighted by molar-refractivity contribution is 6.53. The standard InChI is InChI=1S/C34H26BN2O/c1-2-35-28-18-16-24-20-25(14-15-26(24)21-28)27-17-19-33(36-22-27)34(38)37-32-13-6-5-11-31(32)30-12-7-9-23-8-3-4-10-29(23)30/h3-22H,2H2,1H3,(H,37,38). The number of rotatable bonds is 6. The van der Waals surface area contributed by atoms with E-state index in [0.29, 0.717) is 5.69 Å². The van der Waals surface area contributed by atoms with Crippen molar-refractivity contribution < 1.29 is 4.79 Å². The highest BCUT2D eigenvalue weighted by atomic mass is 16.1. The van der Waals surface area contributed by atoms with E-state index < -0.39 is 0 Å². The van der Waals surface area contributed by atoms with Crippen molar-refractivity contribution in [3.8, 4) is 22.3 Å². The first-order valence-corrected chi connectivity index (χ1v) is 12.9. The predicted octanol–water partition coefficient (Wildman–Crippen LogP) is 7.74. The number of aromatic nitrogens is 1. The average molecular weight is 489 g/mol. The summed E-state index contributed by atoms with van der Waals surface area (Å²) in [4.78, 5) is 17.7. The van der Waals surface area contributed by atoms with Crippen LogP contribution in [0, 0.1) is 0 Å². The number of carbonyl (C=O) groups excluding carboxylic acids is 1. The number of para-hydroxylation sites is 1. The molecule has 0 aliphatic rings. The Kier molecular flexibility index (Phi) is 6.45. The predicted molar refractivity (Wildman–Crippen MR) is 160 cm³/mol. The fraction of sp³-hybridized carbons (Fsp3) is 0.0588. The molecule has 1 heterocycles. The second-order valence-corrected chi connectivity index (χ2v) is 9.39. The first-order valence-electron chi connectivity index (χ1n) is 12.9. The molecule has 38 heavy (non-hydrogen) atoms. The second-order valence-electron chi connectivity index (χ2n) is 9.39. The van der Waals surface area contributed by atoms with Gasteiger partial charge >= 0.3 is 0 Å². The van der Waals surface area contributed by atoms with E-state index in [1.54, 1.807) is 12.3 Å². The second kappa shape index (κ2) is 10.4. The molecule has 1 radical (unpaired) electrons. The molecule has 5 aromatic carbocycles. The van der Waals surface area contributed by atoms with Gasteiger partial charge in [-0.3, -0.25) is 9.78 Å². The summed E-state index contributed by atoms with van der Waals surface area (Å²) >= 11 is 0. The van der Waals surface area contributed by atoms with Crippen LogP contribution in [0.1, 0.15) is 17.4 Å². The van der Waals surface area contributed by atoms with E-state index in [2.05, 4.69) is 85.2 Å². The minimum atomic E-state index is -0.234. The van der Waals surface area contributed by atoms with Crippen LogP contribution in [-0.4, -0.2) is 18.2 Å². The fourth-order valence-electron chi connectivity index (χ4n) is 4.98. The Morgan fingerprint density at radius 2 is 1.45 bits per heavy atom. The van der Waals surface area contributed by atoms with E-state index in [1.807, 2.05) is 48.5 Å². The van der Waals surface area contributed by atoms with Crippen molar-refractivity contribution in [1.82, 2.24) is 4.98 Å². The van der Waals surface area contributed by atoms with Gasteiger partial charge in [-0.15, -0.1) is 0 Å². The molecule has 1 amide bonds. The van der Waals surface area contributed by atoms with Crippen LogP contribution in [0.2, 0.25) is 6.32 Å². The lowest BCUT2D eigenvalue weighted by atomic mass is 9.67. The number of fused-ring (bicyclic) bond motifs is 2. The van der Waals surface area contributed by atoms with Gasteiger partial charge in [-0.05, 0) is 50.9 Å². The highest BCUT2D eigenvalue weighted by Crippen LogP contribution is 2.34. The van der Waals surface area contributed by atoms with Crippen molar-refractivity contribution in [2.24, 2.45) is 0 Å². The molecule has 181 valence electrons. The molecule has 6 aromatic rings. The summed E-state index contributed by atoms with van der Waals surface area (Å²) in [6.45, 7) is 2.15. The molecule has 0 atom stereocenters. The largest absolute Gasteiger partial charge is 0.320 e. The third-order valence-corrected chi connectivity index (χ3v) is 6.89. The van der Waals surface area contributed by atoms with Crippen molar-refractivity contribution in [3.05, 3.63) is 127 Å². The Morgan fingerprint density at radius 1 is 0.711 bits per heavy atom. The zero-order valence-corrected chi connectivity index (χ0v) is 21.2. The minimum Gasteiger partial charge on any atom is -0.320 e. The molecule has 0 aliphatic heterocycles. The number of amides is 1. The van der Waals surface area contributed by atoms with E-state index in [-0.39, 0.29) is 5.91 Å². The molecule has 0 fully saturated rings. The molecule has 0 spiro atoms. The minimum absolute atomic E-state index is 0.234. The van der Waals surface area contributed by atoms with E-state index in [1.165, 1.54) is 16.2 Å². The van der Waals surface area contributed by atoms with Crippen LogP contribution in [0.3, 0.4) is 0 Å². The van der Waals surface area contributed by atoms with Crippen molar-refractivity contribution in [2.45, 2.75) is 13.2 Å². The lowest BCUT2D eigenvalue weighted by molar-refractivity contribution is 0.102. The van der Waals surface area contributed by atoms with Crippen LogP contribution >= 0.6 is 0 Å². The summed E-state index contributed by atoms with van der Waals surface area (Å²) in [6.07, 6.45) is 2.79. The first-order chi connectivity index (χ1) is 18.7. The summed E-state index contributed by atoms with van der Waals surface area (Å²) in [5.74, 6) is -0.234. The summed E-state index contributed by atoms with van der Waals surface area (Å²) in [7, 11) is 2.22. The number of pyridine rings is 1. The van der Waals surface area contributed by atoms with Crippen LogP contribution in [0.4, 0.5) is 5.69 Å². The van der Waals surface area contributed by atoms with Crippen LogP contribution in [0.5, 0.6) is 0 Å². The number of benzene rings is 5. The first kappa shape index (κ1) is 23.7. The molecule has 0 saturated carbocycles. The number of hydrogen-bond donors (Lipinski definition) is 1. The monoisotopic (exact) mass is 489 g/mol. The molecule has 3 nitrogen and oxygen atoms in total. The normalized spacial score (nSPS) is 11.0. The van der Waals surface area contributed by atoms with E-state index in [9.17, 15) is 4.79 Å². The molecule has 1 aromatic heterocycles. The Labute approximate surface area is 223 Å². The maximum atomic E-state index is 13.2. The molecule has 0 unspecified atom stereocenters. The maximum absolute atomic E-state index is 13.2. The summed E-state index contributed by atoms with van der Waals surface area (Å²) in [6, 6.07) is 39.1. The van der Waals surface area contributed by atoms with Crippen molar-refractivity contribution in [3.63, 3.8) is 0 Å². The fourth-order valence-corrected chi connectivity index (χ4v) is 4.98. The molecular formula is C34H26BN2O. The Balaban J connectivity index is 1.25. The lowest BCUT2D eigenvalue weighted by Gasteiger charge is -2.13. The van der Waals surface area contributed by atoms with Gasteiger partial charge < -0.3 is 5.32 Å². The molecule has 6 rings (SSSR count). The lowest BCUT2D eigenvalue weighted by Crippen LogP contribution is -2.14. The van der Waals surface area contributed by atoms with Gasteiger partial charge in [-0.2, -0.15) is 0 Å². The number of anilines is 1. The van der Waals surface area contributed by atoms with Crippen LogP contribution in [-0.2, 0) is 0 Å². The maximum Gasteiger partial charge on any atom is 0.274 e. The molecule has 4 heteroatoms. The van der Waals surface area contributed by atoms with Crippen molar-refractivity contribution in [1.29, 1.82) is 0 Å². The van der Waals surface area contributed by atoms with E-state index in [4.69, 9.17) is 0 Å². The Morgan fingerprint density at radius 3 is 2.32 bits per heavy atom. The smallest absolute Gasteiger partial charge is 0.274 e. The number of nitrogens with zero attached hydrogens (tertiary/aromatic N) is 1. The topological polar surface area (TPSA) is 42.0 Å². The summed E-state index contributed by atoms with van der Waals surface area (Å²) < 4.78 is 0. The van der Waals surface area contributed by atoms with Crippen LogP contribution in [0.15, 0.2) is 121 Å². The SMILES string of the molecule is CC[B]c1ccc2cc(-c3ccc(C(=O)Nc4ccccc4-c4cccc5ccccc45)nc3)ccc2c1. The van der Waals surface area contributed by atoms with Crippen molar-refractivity contribution in [2.75, 3.05) is 5.32 Å². The number of hydrogen-bond acceptors (Lipinski definition) is 2. The Hall–Kier alpha value is -4.70. The van der Waals surface area contributed by atoms with Crippen LogP contribution in [0.25, 0.3) is 43.8 Å². The van der Waals surface area contributed by atoms with E-state index in [0.717, 1.165) is 45.0 Å². The number of nitrogens with one attached hydrogen (secondary N) is 1. The quantitative estimate of drug-likeness (QED) is 0.243. The molecule has 0 saturated heterocycles. The van der Waals surface area contributed by atoms with Gasteiger partial charge in [0.15, 0.2) is 7.28 Å². The molecule has 1 N–H and O–H groups in total. The van der Waals surface area contributed by atoms with E-state index >= 15 is 0 Å². The van der Waals surface area contributed by atoms with Gasteiger partial charge in [0, 0.05) is 23.0 Å². The molecule has 0 aliphatic carbocycles. The van der Waals surface area contributed by atoms with Gasteiger partial charge in [0.25, 0.3) is 5.91 Å². The van der Waals surface area contributed by atoms with Gasteiger partial charge in [-0.25, -0.2) is 0 Å². The van der Waals surface area contributed by atoms with Gasteiger partial charge in [0.1, 0.15) is 5.69 Å². The average Bonchev–Trinajstić information content (AvgIpc) is 2.97. The van der Waals surface area contributed by atoms with Crippen LogP contribution < -0.4 is 10.8 Å². The summed E-state index contributed by atoms with van der Waals surface area (Å²) in [5.41, 5.74) is 6.49. The Bertz CT molecular complexity index is 1770. The van der Waals surface area contributed by atoms with Gasteiger partial charge in [0.05, 0.1) is 0 Å². The van der Waals surface area contributed by atoms with Crippen molar-refractivity contribution >= 4 is 45.9 Å². The third kappa shape index (κ3) is 4.69. The number of carbonyl (C=O) groups is 1. The highest BCUT2D eigenvalue weighted by Gasteiger charge is 2.13. The van der Waals surface area contributed by atoms with Gasteiger partial charge in [-0.1, -0.05) is 116 Å². The molecule has 0 bridgehead atoms. The third-order valence-electron chi connectivity index (χ3n) is 6.89. The zero-order valence-electron chi connectivity index (χ0n) is 21.2. The summed E-state index contributed by atoms with van der Waals surface area (Å²) in [5, 5.41) is 7.79. The molecular weight excluding hydrogens is 463 g/mol.